The molecule has 0 radical (unpaired) electrons. The van der Waals surface area contributed by atoms with E-state index in [-0.39, 0.29) is 0 Å². The van der Waals surface area contributed by atoms with Gasteiger partial charge in [-0.25, -0.2) is 0 Å². The van der Waals surface area contributed by atoms with E-state index in [1.807, 2.05) is 18.2 Å². The summed E-state index contributed by atoms with van der Waals surface area (Å²) in [6.07, 6.45) is 6.97. The van der Waals surface area contributed by atoms with Gasteiger partial charge in [0.2, 0.25) is 5.91 Å². The lowest BCUT2D eigenvalue weighted by atomic mass is 9.96. The van der Waals surface area contributed by atoms with Crippen molar-refractivity contribution in [1.82, 2.24) is 4.90 Å². The van der Waals surface area contributed by atoms with Gasteiger partial charge in [0.1, 0.15) is 24.7 Å². The Morgan fingerprint density at radius 2 is 1.65 bits per heavy atom. The summed E-state index contributed by atoms with van der Waals surface area (Å²) in [5.41, 5.74) is 15.9. The number of fused-ring (bicyclic) bond motifs is 1. The fourth-order valence-electron chi connectivity index (χ4n) is 6.72. The van der Waals surface area contributed by atoms with E-state index in [9.17, 15) is 4.79 Å². The number of hydrogen-bond donors (Lipinski definition) is 1. The zero-order chi connectivity index (χ0) is 29.8. The second kappa shape index (κ2) is 13.0. The van der Waals surface area contributed by atoms with Gasteiger partial charge < -0.3 is 15.2 Å². The van der Waals surface area contributed by atoms with Gasteiger partial charge >= 0.3 is 0 Å². The van der Waals surface area contributed by atoms with Crippen LogP contribution in [-0.2, 0) is 32.6 Å². The van der Waals surface area contributed by atoms with E-state index in [4.69, 9.17) is 15.2 Å². The topological polar surface area (TPSA) is 64.8 Å². The first-order valence-electron chi connectivity index (χ1n) is 15.7. The predicted molar refractivity (Wildman–Crippen MR) is 172 cm³/mol. The summed E-state index contributed by atoms with van der Waals surface area (Å²) < 4.78 is 13.3. The number of ether oxygens (including phenoxy) is 2. The van der Waals surface area contributed by atoms with Crippen LogP contribution in [0.1, 0.15) is 76.3 Å². The lowest BCUT2D eigenvalue weighted by Gasteiger charge is -2.34. The van der Waals surface area contributed by atoms with E-state index in [0.717, 1.165) is 49.4 Å². The molecule has 1 aliphatic heterocycles. The molecule has 4 aromatic rings. The average molecular weight is 575 g/mol. The van der Waals surface area contributed by atoms with Gasteiger partial charge in [0.15, 0.2) is 0 Å². The molecule has 4 aromatic carbocycles. The molecular formula is C38H42N2O3. The zero-order valence-corrected chi connectivity index (χ0v) is 25.4. The quantitative estimate of drug-likeness (QED) is 0.210. The fraction of sp³-hybridized carbons (Fsp3) is 0.342. The molecule has 1 heterocycles. The Balaban J connectivity index is 1.31. The molecule has 1 saturated heterocycles. The van der Waals surface area contributed by atoms with Crippen molar-refractivity contribution in [2.24, 2.45) is 5.73 Å². The molecule has 1 amide bonds. The number of rotatable bonds is 10. The lowest BCUT2D eigenvalue weighted by molar-refractivity contribution is 0.1000. The molecule has 5 heteroatoms. The number of nitrogens with zero attached hydrogens (tertiary/aromatic N) is 1. The Kier molecular flexibility index (Phi) is 8.80. The molecule has 222 valence electrons. The average Bonchev–Trinajstić information content (AvgIpc) is 3.52. The van der Waals surface area contributed by atoms with Crippen molar-refractivity contribution in [1.29, 1.82) is 0 Å². The molecule has 5 nitrogen and oxygen atoms in total. The standard InChI is InChI=1S/C38H42N2O3/c1-26-11-6-7-20-40(26)23-35-33-18-10-19-34(33)36(22-37(35)42-24-28-12-8-15-30(21-28)38(39)41)43-25-31-16-9-17-32(27(31)2)29-13-4-3-5-14-29/h3-5,8-9,12-17,21-22,26H,6-7,10-11,18-20,23-25H2,1-2H3,(H2,39,41)/t26-/m1/s1. The van der Waals surface area contributed by atoms with Gasteiger partial charge in [0.25, 0.3) is 0 Å². The summed E-state index contributed by atoms with van der Waals surface area (Å²) in [6, 6.07) is 27.1. The minimum Gasteiger partial charge on any atom is -0.488 e. The first-order chi connectivity index (χ1) is 21.0. The molecule has 0 unspecified atom stereocenters. The molecule has 1 fully saturated rings. The monoisotopic (exact) mass is 574 g/mol. The van der Waals surface area contributed by atoms with Gasteiger partial charge in [-0.2, -0.15) is 0 Å². The maximum absolute atomic E-state index is 11.8. The smallest absolute Gasteiger partial charge is 0.248 e. The highest BCUT2D eigenvalue weighted by atomic mass is 16.5. The number of amides is 1. The highest BCUT2D eigenvalue weighted by Gasteiger charge is 2.27. The summed E-state index contributed by atoms with van der Waals surface area (Å²) in [6.45, 7) is 7.40. The van der Waals surface area contributed by atoms with Crippen LogP contribution in [0.4, 0.5) is 0 Å². The van der Waals surface area contributed by atoms with Crippen LogP contribution in [0.15, 0.2) is 78.9 Å². The Labute approximate surface area is 255 Å². The summed E-state index contributed by atoms with van der Waals surface area (Å²) in [4.78, 5) is 14.4. The van der Waals surface area contributed by atoms with E-state index in [1.54, 1.807) is 6.07 Å². The Morgan fingerprint density at radius 3 is 2.47 bits per heavy atom. The normalized spacial score (nSPS) is 16.6. The van der Waals surface area contributed by atoms with Crippen LogP contribution in [0.3, 0.4) is 0 Å². The van der Waals surface area contributed by atoms with Crippen LogP contribution in [-0.4, -0.2) is 23.4 Å². The van der Waals surface area contributed by atoms with Crippen molar-refractivity contribution in [2.45, 2.75) is 78.2 Å². The number of benzene rings is 4. The van der Waals surface area contributed by atoms with Crippen molar-refractivity contribution in [3.8, 4) is 22.6 Å². The van der Waals surface area contributed by atoms with Crippen molar-refractivity contribution >= 4 is 5.91 Å². The number of primary amides is 1. The molecule has 1 atom stereocenters. The van der Waals surface area contributed by atoms with Crippen molar-refractivity contribution in [3.63, 3.8) is 0 Å². The summed E-state index contributed by atoms with van der Waals surface area (Å²) in [5, 5.41) is 0. The molecule has 43 heavy (non-hydrogen) atoms. The Hall–Kier alpha value is -4.09. The summed E-state index contributed by atoms with van der Waals surface area (Å²) in [7, 11) is 0. The minimum atomic E-state index is -0.429. The number of piperidine rings is 1. The fourth-order valence-corrected chi connectivity index (χ4v) is 6.72. The summed E-state index contributed by atoms with van der Waals surface area (Å²) in [5.74, 6) is 1.38. The molecule has 0 aromatic heterocycles. The van der Waals surface area contributed by atoms with Crippen LogP contribution in [0.5, 0.6) is 11.5 Å². The van der Waals surface area contributed by atoms with Crippen LogP contribution < -0.4 is 15.2 Å². The molecular weight excluding hydrogens is 532 g/mol. The van der Waals surface area contributed by atoms with Crippen LogP contribution in [0.2, 0.25) is 0 Å². The van der Waals surface area contributed by atoms with Crippen molar-refractivity contribution < 1.29 is 14.3 Å². The molecule has 0 spiro atoms. The van der Waals surface area contributed by atoms with E-state index >= 15 is 0 Å². The van der Waals surface area contributed by atoms with Crippen molar-refractivity contribution in [2.75, 3.05) is 6.54 Å². The molecule has 6 rings (SSSR count). The number of carbonyl (C=O) groups excluding carboxylic acids is 1. The van der Waals surface area contributed by atoms with Crippen LogP contribution >= 0.6 is 0 Å². The Bertz CT molecular complexity index is 1600. The number of hydrogen-bond acceptors (Lipinski definition) is 4. The van der Waals surface area contributed by atoms with Gasteiger partial charge in [-0.05, 0) is 104 Å². The van der Waals surface area contributed by atoms with Gasteiger partial charge in [-0.1, -0.05) is 67.1 Å². The van der Waals surface area contributed by atoms with E-state index in [1.165, 1.54) is 58.2 Å². The first-order valence-corrected chi connectivity index (χ1v) is 15.7. The third-order valence-electron chi connectivity index (χ3n) is 9.26. The molecule has 2 N–H and O–H groups in total. The Morgan fingerprint density at radius 1 is 0.860 bits per heavy atom. The van der Waals surface area contributed by atoms with Crippen LogP contribution in [0, 0.1) is 6.92 Å². The van der Waals surface area contributed by atoms with E-state index in [2.05, 4.69) is 73.3 Å². The summed E-state index contributed by atoms with van der Waals surface area (Å²) >= 11 is 0. The number of carbonyl (C=O) groups is 1. The maximum atomic E-state index is 11.8. The van der Waals surface area contributed by atoms with E-state index < -0.39 is 5.91 Å². The first kappa shape index (κ1) is 29.0. The van der Waals surface area contributed by atoms with Gasteiger partial charge in [-0.3, -0.25) is 9.69 Å². The van der Waals surface area contributed by atoms with E-state index in [0.29, 0.717) is 24.8 Å². The second-order valence-electron chi connectivity index (χ2n) is 12.1. The third-order valence-corrected chi connectivity index (χ3v) is 9.26. The van der Waals surface area contributed by atoms with Gasteiger partial charge in [-0.15, -0.1) is 0 Å². The largest absolute Gasteiger partial charge is 0.488 e. The predicted octanol–water partition coefficient (Wildman–Crippen LogP) is 7.78. The number of likely N-dealkylation sites (tertiary alicyclic amines) is 1. The zero-order valence-electron chi connectivity index (χ0n) is 25.4. The minimum absolute atomic E-state index is 0.361. The lowest BCUT2D eigenvalue weighted by Crippen LogP contribution is -2.37. The van der Waals surface area contributed by atoms with Crippen molar-refractivity contribution in [3.05, 3.63) is 118 Å². The third kappa shape index (κ3) is 6.47. The van der Waals surface area contributed by atoms with Crippen LogP contribution in [0.25, 0.3) is 11.1 Å². The SMILES string of the molecule is Cc1c(COc2cc(OCc3cccc(C(N)=O)c3)c(CN3CCCC[C@H]3C)c3c2CCC3)cccc1-c1ccccc1. The highest BCUT2D eigenvalue weighted by molar-refractivity contribution is 5.92. The van der Waals surface area contributed by atoms with Gasteiger partial charge in [0, 0.05) is 29.8 Å². The van der Waals surface area contributed by atoms with Gasteiger partial charge in [0.05, 0.1) is 0 Å². The molecule has 0 bridgehead atoms. The molecule has 2 aliphatic rings. The molecule has 0 saturated carbocycles. The molecule has 1 aliphatic carbocycles. The highest BCUT2D eigenvalue weighted by Crippen LogP contribution is 2.41. The second-order valence-corrected chi connectivity index (χ2v) is 12.1. The maximum Gasteiger partial charge on any atom is 0.248 e. The number of nitrogens with two attached hydrogens (primary N) is 1.